The number of esters is 1. The van der Waals surface area contributed by atoms with Gasteiger partial charge in [0.05, 0.1) is 12.7 Å². The van der Waals surface area contributed by atoms with Gasteiger partial charge in [0.25, 0.3) is 0 Å². The Hall–Kier alpha value is -1.06. The topological polar surface area (TPSA) is 38.3 Å². The molecule has 1 aromatic carbocycles. The molecule has 1 saturated heterocycles. The van der Waals surface area contributed by atoms with Crippen molar-refractivity contribution in [1.29, 1.82) is 0 Å². The minimum Gasteiger partial charge on any atom is -0.465 e. The highest BCUT2D eigenvalue weighted by molar-refractivity contribution is 5.89. The Balaban J connectivity index is 0.00000162. The highest BCUT2D eigenvalue weighted by atomic mass is 35.5. The van der Waals surface area contributed by atoms with E-state index in [0.29, 0.717) is 11.5 Å². The summed E-state index contributed by atoms with van der Waals surface area (Å²) < 4.78 is 4.69. The second-order valence-electron chi connectivity index (χ2n) is 4.51. The summed E-state index contributed by atoms with van der Waals surface area (Å²) in [5.74, 6) is 0.305. The molecule has 4 heteroatoms. The average molecular weight is 270 g/mol. The standard InChI is InChI=1S/C14H19NO2.ClH/c1-17-14(16)12-7-5-11(6-8-12)13-4-2-3-9-15-10-13;/h5-8,13,15H,2-4,9-10H2,1H3;1H/t13-;/m0./s1. The van der Waals surface area contributed by atoms with Crippen LogP contribution in [0.15, 0.2) is 24.3 Å². The van der Waals surface area contributed by atoms with Crippen molar-refractivity contribution in [2.45, 2.75) is 25.2 Å². The molecule has 2 rings (SSSR count). The first-order valence-electron chi connectivity index (χ1n) is 6.20. The van der Waals surface area contributed by atoms with Gasteiger partial charge in [-0.1, -0.05) is 18.6 Å². The fourth-order valence-electron chi connectivity index (χ4n) is 2.31. The van der Waals surface area contributed by atoms with Crippen LogP contribution in [0, 0.1) is 0 Å². The molecule has 0 spiro atoms. The molecule has 3 nitrogen and oxygen atoms in total. The maximum Gasteiger partial charge on any atom is 0.337 e. The van der Waals surface area contributed by atoms with Crippen LogP contribution in [-0.2, 0) is 4.74 Å². The third-order valence-electron chi connectivity index (χ3n) is 3.35. The van der Waals surface area contributed by atoms with Crippen LogP contribution >= 0.6 is 12.4 Å². The molecule has 1 aliphatic heterocycles. The molecule has 0 bridgehead atoms. The first-order valence-corrected chi connectivity index (χ1v) is 6.20. The van der Waals surface area contributed by atoms with E-state index in [1.165, 1.54) is 31.9 Å². The molecule has 1 fully saturated rings. The Bertz CT molecular complexity index is 370. The zero-order chi connectivity index (χ0) is 12.1. The Morgan fingerprint density at radius 2 is 2.00 bits per heavy atom. The molecule has 0 unspecified atom stereocenters. The van der Waals surface area contributed by atoms with Gasteiger partial charge in [0.2, 0.25) is 0 Å². The minimum atomic E-state index is -0.268. The van der Waals surface area contributed by atoms with Gasteiger partial charge in [0.1, 0.15) is 0 Å². The highest BCUT2D eigenvalue weighted by Crippen LogP contribution is 2.23. The second-order valence-corrected chi connectivity index (χ2v) is 4.51. The number of ether oxygens (including phenoxy) is 1. The van der Waals surface area contributed by atoms with Gasteiger partial charge in [-0.2, -0.15) is 0 Å². The fraction of sp³-hybridized carbons (Fsp3) is 0.500. The monoisotopic (exact) mass is 269 g/mol. The number of hydrogen-bond donors (Lipinski definition) is 1. The van der Waals surface area contributed by atoms with E-state index in [0.717, 1.165) is 13.1 Å². The summed E-state index contributed by atoms with van der Waals surface area (Å²) in [6.45, 7) is 2.16. The molecule has 0 aliphatic carbocycles. The molecule has 100 valence electrons. The van der Waals surface area contributed by atoms with E-state index in [4.69, 9.17) is 4.74 Å². The lowest BCUT2D eigenvalue weighted by Crippen LogP contribution is -2.19. The smallest absolute Gasteiger partial charge is 0.337 e. The molecular formula is C14H20ClNO2. The Labute approximate surface area is 114 Å². The van der Waals surface area contributed by atoms with E-state index in [2.05, 4.69) is 5.32 Å². The first-order chi connectivity index (χ1) is 8.31. The Morgan fingerprint density at radius 1 is 1.28 bits per heavy atom. The average Bonchev–Trinajstić information content (AvgIpc) is 2.67. The molecule has 1 aliphatic rings. The molecule has 0 saturated carbocycles. The summed E-state index contributed by atoms with van der Waals surface area (Å²) in [7, 11) is 1.41. The predicted octanol–water partition coefficient (Wildman–Crippen LogP) is 2.75. The summed E-state index contributed by atoms with van der Waals surface area (Å²) >= 11 is 0. The number of halogens is 1. The highest BCUT2D eigenvalue weighted by Gasteiger charge is 2.14. The van der Waals surface area contributed by atoms with Crippen molar-refractivity contribution < 1.29 is 9.53 Å². The van der Waals surface area contributed by atoms with Crippen LogP contribution in [0.2, 0.25) is 0 Å². The molecular weight excluding hydrogens is 250 g/mol. The van der Waals surface area contributed by atoms with Crippen LogP contribution in [0.25, 0.3) is 0 Å². The van der Waals surface area contributed by atoms with Gasteiger partial charge in [-0.05, 0) is 43.0 Å². The lowest BCUT2D eigenvalue weighted by molar-refractivity contribution is 0.0600. The predicted molar refractivity (Wildman–Crippen MR) is 74.5 cm³/mol. The quantitative estimate of drug-likeness (QED) is 0.839. The number of carbonyl (C=O) groups is 1. The van der Waals surface area contributed by atoms with Gasteiger partial charge < -0.3 is 10.1 Å². The minimum absolute atomic E-state index is 0. The third-order valence-corrected chi connectivity index (χ3v) is 3.35. The summed E-state index contributed by atoms with van der Waals surface area (Å²) in [6.07, 6.45) is 3.76. The third kappa shape index (κ3) is 3.72. The molecule has 1 atom stereocenters. The normalized spacial score (nSPS) is 19.5. The number of nitrogens with one attached hydrogen (secondary N) is 1. The molecule has 1 heterocycles. The van der Waals surface area contributed by atoms with Crippen LogP contribution in [-0.4, -0.2) is 26.2 Å². The van der Waals surface area contributed by atoms with Gasteiger partial charge in [-0.15, -0.1) is 12.4 Å². The van der Waals surface area contributed by atoms with Gasteiger partial charge >= 0.3 is 5.97 Å². The zero-order valence-electron chi connectivity index (χ0n) is 10.6. The van der Waals surface area contributed by atoms with Crippen LogP contribution in [0.1, 0.15) is 41.1 Å². The van der Waals surface area contributed by atoms with E-state index >= 15 is 0 Å². The number of methoxy groups -OCH3 is 1. The maximum absolute atomic E-state index is 11.3. The molecule has 0 radical (unpaired) electrons. The number of hydrogen-bond acceptors (Lipinski definition) is 3. The number of benzene rings is 1. The van der Waals surface area contributed by atoms with Crippen molar-refractivity contribution in [2.75, 3.05) is 20.2 Å². The SMILES string of the molecule is COC(=O)c1ccc([C@H]2CCCCNC2)cc1.Cl. The summed E-state index contributed by atoms with van der Waals surface area (Å²) in [5, 5.41) is 3.45. The van der Waals surface area contributed by atoms with Crippen molar-refractivity contribution in [3.8, 4) is 0 Å². The van der Waals surface area contributed by atoms with E-state index in [-0.39, 0.29) is 18.4 Å². The lowest BCUT2D eigenvalue weighted by atomic mass is 9.94. The number of rotatable bonds is 2. The molecule has 1 aromatic rings. The summed E-state index contributed by atoms with van der Waals surface area (Å²) in [6, 6.07) is 7.80. The van der Waals surface area contributed by atoms with Crippen LogP contribution < -0.4 is 5.32 Å². The van der Waals surface area contributed by atoms with Crippen LogP contribution in [0.3, 0.4) is 0 Å². The van der Waals surface area contributed by atoms with E-state index in [9.17, 15) is 4.79 Å². The van der Waals surface area contributed by atoms with Gasteiger partial charge in [0, 0.05) is 6.54 Å². The molecule has 0 amide bonds. The Morgan fingerprint density at radius 3 is 2.67 bits per heavy atom. The fourth-order valence-corrected chi connectivity index (χ4v) is 2.31. The maximum atomic E-state index is 11.3. The Kier molecular flexibility index (Phi) is 6.16. The van der Waals surface area contributed by atoms with Crippen molar-refractivity contribution in [2.24, 2.45) is 0 Å². The van der Waals surface area contributed by atoms with E-state index < -0.39 is 0 Å². The van der Waals surface area contributed by atoms with Crippen molar-refractivity contribution >= 4 is 18.4 Å². The molecule has 0 aromatic heterocycles. The van der Waals surface area contributed by atoms with Crippen molar-refractivity contribution in [1.82, 2.24) is 5.32 Å². The lowest BCUT2D eigenvalue weighted by Gasteiger charge is -2.14. The second kappa shape index (κ2) is 7.39. The van der Waals surface area contributed by atoms with Crippen LogP contribution in [0.5, 0.6) is 0 Å². The van der Waals surface area contributed by atoms with E-state index in [1.54, 1.807) is 0 Å². The van der Waals surface area contributed by atoms with Gasteiger partial charge in [-0.3, -0.25) is 0 Å². The summed E-state index contributed by atoms with van der Waals surface area (Å²) in [4.78, 5) is 11.3. The van der Waals surface area contributed by atoms with Gasteiger partial charge in [0.15, 0.2) is 0 Å². The number of carbonyl (C=O) groups excluding carboxylic acids is 1. The van der Waals surface area contributed by atoms with Crippen LogP contribution in [0.4, 0.5) is 0 Å². The first kappa shape index (κ1) is 15.0. The van der Waals surface area contributed by atoms with Crippen molar-refractivity contribution in [3.63, 3.8) is 0 Å². The van der Waals surface area contributed by atoms with Gasteiger partial charge in [-0.25, -0.2) is 4.79 Å². The molecule has 18 heavy (non-hydrogen) atoms. The zero-order valence-corrected chi connectivity index (χ0v) is 11.5. The molecule has 1 N–H and O–H groups in total. The van der Waals surface area contributed by atoms with Crippen molar-refractivity contribution in [3.05, 3.63) is 35.4 Å². The summed E-state index contributed by atoms with van der Waals surface area (Å²) in [5.41, 5.74) is 1.94. The largest absolute Gasteiger partial charge is 0.465 e. The van der Waals surface area contributed by atoms with E-state index in [1.807, 2.05) is 24.3 Å².